The van der Waals surface area contributed by atoms with Crippen molar-refractivity contribution in [3.05, 3.63) is 93.7 Å². The zero-order valence-electron chi connectivity index (χ0n) is 15.2. The zero-order chi connectivity index (χ0) is 19.9. The molecule has 2 aromatic carbocycles. The van der Waals surface area contributed by atoms with E-state index in [4.69, 9.17) is 0 Å². The third-order valence-corrected chi connectivity index (χ3v) is 4.48. The van der Waals surface area contributed by atoms with E-state index in [-0.39, 0.29) is 17.5 Å². The predicted molar refractivity (Wildman–Crippen MR) is 112 cm³/mol. The molecular weight excluding hydrogens is 420 g/mol. The molecule has 6 nitrogen and oxygen atoms in total. The van der Waals surface area contributed by atoms with E-state index in [0.717, 1.165) is 10.0 Å². The number of aryl methyl sites for hydroxylation is 1. The van der Waals surface area contributed by atoms with Crippen LogP contribution < -0.4 is 16.2 Å². The molecule has 0 spiro atoms. The second-order valence-corrected chi connectivity index (χ2v) is 7.07. The van der Waals surface area contributed by atoms with Crippen LogP contribution in [-0.2, 0) is 6.54 Å². The molecule has 0 aliphatic heterocycles. The summed E-state index contributed by atoms with van der Waals surface area (Å²) in [5.41, 5.74) is 8.80. The van der Waals surface area contributed by atoms with Crippen molar-refractivity contribution >= 4 is 33.4 Å². The van der Waals surface area contributed by atoms with Crippen LogP contribution in [0, 0.1) is 6.92 Å². The van der Waals surface area contributed by atoms with Gasteiger partial charge in [0.25, 0.3) is 11.8 Å². The van der Waals surface area contributed by atoms with Gasteiger partial charge in [-0.3, -0.25) is 20.0 Å². The van der Waals surface area contributed by atoms with Crippen LogP contribution in [0.1, 0.15) is 32.0 Å². The SMILES string of the molecule is Cc1ccc(CNNC(=O)c2cc(Br)ccc2NC(=O)c2ccccn2)cc1. The fourth-order valence-electron chi connectivity index (χ4n) is 2.50. The standard InChI is InChI=1S/C21H19BrN4O2/c1-14-5-7-15(8-6-14)13-24-26-20(27)17-12-16(22)9-10-18(17)25-21(28)19-4-2-3-11-23-19/h2-12,24H,13H2,1H3,(H,25,28)(H,26,27). The Morgan fingerprint density at radius 2 is 1.79 bits per heavy atom. The second kappa shape index (κ2) is 9.25. The molecule has 1 heterocycles. The molecule has 3 rings (SSSR count). The van der Waals surface area contributed by atoms with E-state index in [0.29, 0.717) is 17.8 Å². The highest BCUT2D eigenvalue weighted by Gasteiger charge is 2.15. The molecule has 7 heteroatoms. The Bertz CT molecular complexity index is 975. The van der Waals surface area contributed by atoms with Crippen molar-refractivity contribution in [1.82, 2.24) is 15.8 Å². The van der Waals surface area contributed by atoms with Crippen molar-refractivity contribution in [3.8, 4) is 0 Å². The van der Waals surface area contributed by atoms with Crippen molar-refractivity contribution in [3.63, 3.8) is 0 Å². The first-order valence-corrected chi connectivity index (χ1v) is 9.43. The Morgan fingerprint density at radius 1 is 1.00 bits per heavy atom. The smallest absolute Gasteiger partial charge is 0.274 e. The van der Waals surface area contributed by atoms with Gasteiger partial charge < -0.3 is 5.32 Å². The van der Waals surface area contributed by atoms with Gasteiger partial charge in [0.1, 0.15) is 5.69 Å². The summed E-state index contributed by atoms with van der Waals surface area (Å²) in [4.78, 5) is 29.0. The van der Waals surface area contributed by atoms with Gasteiger partial charge in [0.2, 0.25) is 0 Å². The second-order valence-electron chi connectivity index (χ2n) is 6.15. The Morgan fingerprint density at radius 3 is 2.50 bits per heavy atom. The van der Waals surface area contributed by atoms with E-state index in [1.807, 2.05) is 31.2 Å². The quantitative estimate of drug-likeness (QED) is 0.510. The number of pyridine rings is 1. The maximum Gasteiger partial charge on any atom is 0.274 e. The van der Waals surface area contributed by atoms with Gasteiger partial charge in [0, 0.05) is 17.2 Å². The number of amides is 2. The Balaban J connectivity index is 1.68. The lowest BCUT2D eigenvalue weighted by molar-refractivity contribution is 0.0933. The van der Waals surface area contributed by atoms with Crippen LogP contribution in [0.15, 0.2) is 71.3 Å². The molecule has 0 atom stereocenters. The van der Waals surface area contributed by atoms with Gasteiger partial charge in [-0.2, -0.15) is 0 Å². The van der Waals surface area contributed by atoms with E-state index >= 15 is 0 Å². The number of hydrogen-bond acceptors (Lipinski definition) is 4. The van der Waals surface area contributed by atoms with Crippen LogP contribution in [0.25, 0.3) is 0 Å². The van der Waals surface area contributed by atoms with Crippen molar-refractivity contribution in [2.24, 2.45) is 0 Å². The number of halogens is 1. The topological polar surface area (TPSA) is 83.1 Å². The number of benzene rings is 2. The summed E-state index contributed by atoms with van der Waals surface area (Å²) in [5.74, 6) is -0.741. The minimum atomic E-state index is -0.385. The van der Waals surface area contributed by atoms with Crippen molar-refractivity contribution < 1.29 is 9.59 Å². The molecule has 28 heavy (non-hydrogen) atoms. The number of aromatic nitrogens is 1. The molecule has 0 bridgehead atoms. The van der Waals surface area contributed by atoms with Crippen molar-refractivity contribution in [2.75, 3.05) is 5.32 Å². The molecule has 0 aliphatic carbocycles. The zero-order valence-corrected chi connectivity index (χ0v) is 16.8. The minimum absolute atomic E-state index is 0.272. The van der Waals surface area contributed by atoms with Crippen molar-refractivity contribution in [1.29, 1.82) is 0 Å². The fraction of sp³-hybridized carbons (Fsp3) is 0.0952. The van der Waals surface area contributed by atoms with Crippen molar-refractivity contribution in [2.45, 2.75) is 13.5 Å². The monoisotopic (exact) mass is 438 g/mol. The largest absolute Gasteiger partial charge is 0.320 e. The average Bonchev–Trinajstić information content (AvgIpc) is 2.71. The molecule has 0 fully saturated rings. The van der Waals surface area contributed by atoms with Gasteiger partial charge in [-0.05, 0) is 42.8 Å². The van der Waals surface area contributed by atoms with E-state index in [2.05, 4.69) is 37.1 Å². The summed E-state index contributed by atoms with van der Waals surface area (Å²) in [7, 11) is 0. The number of nitrogens with one attached hydrogen (secondary N) is 3. The van der Waals surface area contributed by atoms with Gasteiger partial charge >= 0.3 is 0 Å². The molecule has 142 valence electrons. The first-order valence-electron chi connectivity index (χ1n) is 8.63. The number of carbonyl (C=O) groups excluding carboxylic acids is 2. The summed E-state index contributed by atoms with van der Waals surface area (Å²) in [6.07, 6.45) is 1.54. The minimum Gasteiger partial charge on any atom is -0.320 e. The number of hydrazine groups is 1. The number of rotatable bonds is 6. The number of hydrogen-bond donors (Lipinski definition) is 3. The average molecular weight is 439 g/mol. The molecular formula is C21H19BrN4O2. The molecule has 2 amide bonds. The maximum absolute atomic E-state index is 12.6. The Labute approximate surface area is 171 Å². The summed E-state index contributed by atoms with van der Waals surface area (Å²) in [6, 6.07) is 18.1. The molecule has 0 unspecified atom stereocenters. The molecule has 0 aliphatic rings. The van der Waals surface area contributed by atoms with Gasteiger partial charge in [-0.1, -0.05) is 51.8 Å². The van der Waals surface area contributed by atoms with E-state index in [1.165, 1.54) is 5.56 Å². The first-order chi connectivity index (χ1) is 13.5. The van der Waals surface area contributed by atoms with Gasteiger partial charge in [0.05, 0.1) is 11.3 Å². The van der Waals surface area contributed by atoms with Gasteiger partial charge in [0.15, 0.2) is 0 Å². The number of nitrogens with zero attached hydrogens (tertiary/aromatic N) is 1. The lowest BCUT2D eigenvalue weighted by Crippen LogP contribution is -2.37. The lowest BCUT2D eigenvalue weighted by atomic mass is 10.1. The lowest BCUT2D eigenvalue weighted by Gasteiger charge is -2.13. The number of carbonyl (C=O) groups is 2. The highest BCUT2D eigenvalue weighted by Crippen LogP contribution is 2.21. The van der Waals surface area contributed by atoms with Crippen LogP contribution in [0.2, 0.25) is 0 Å². The van der Waals surface area contributed by atoms with Crippen LogP contribution in [0.5, 0.6) is 0 Å². The Hall–Kier alpha value is -3.03. The third-order valence-electron chi connectivity index (χ3n) is 3.99. The highest BCUT2D eigenvalue weighted by molar-refractivity contribution is 9.10. The Kier molecular flexibility index (Phi) is 6.52. The number of anilines is 1. The summed E-state index contributed by atoms with van der Waals surface area (Å²) < 4.78 is 0.729. The van der Waals surface area contributed by atoms with Crippen LogP contribution in [-0.4, -0.2) is 16.8 Å². The van der Waals surface area contributed by atoms with Crippen LogP contribution in [0.3, 0.4) is 0 Å². The van der Waals surface area contributed by atoms with Crippen LogP contribution in [0.4, 0.5) is 5.69 Å². The van der Waals surface area contributed by atoms with Gasteiger partial charge in [-0.25, -0.2) is 5.43 Å². The summed E-state index contributed by atoms with van der Waals surface area (Å²) in [6.45, 7) is 2.50. The molecule has 0 radical (unpaired) electrons. The maximum atomic E-state index is 12.6. The molecule has 3 aromatic rings. The van der Waals surface area contributed by atoms with E-state index in [9.17, 15) is 9.59 Å². The predicted octanol–water partition coefficient (Wildman–Crippen LogP) is 3.84. The summed E-state index contributed by atoms with van der Waals surface area (Å²) in [5, 5.41) is 2.74. The fourth-order valence-corrected chi connectivity index (χ4v) is 2.86. The molecule has 3 N–H and O–H groups in total. The van der Waals surface area contributed by atoms with E-state index in [1.54, 1.807) is 42.6 Å². The summed E-state index contributed by atoms with van der Waals surface area (Å²) >= 11 is 3.36. The molecule has 0 saturated carbocycles. The normalized spacial score (nSPS) is 10.4. The van der Waals surface area contributed by atoms with Crippen LogP contribution >= 0.6 is 15.9 Å². The molecule has 1 aromatic heterocycles. The molecule has 0 saturated heterocycles. The third kappa shape index (κ3) is 5.25. The first kappa shape index (κ1) is 19.7. The van der Waals surface area contributed by atoms with E-state index < -0.39 is 0 Å². The van der Waals surface area contributed by atoms with Gasteiger partial charge in [-0.15, -0.1) is 0 Å². The highest BCUT2D eigenvalue weighted by atomic mass is 79.9.